The zero-order chi connectivity index (χ0) is 12.4. The number of hydrogen-bond donors (Lipinski definition) is 0. The van der Waals surface area contributed by atoms with Crippen molar-refractivity contribution in [3.05, 3.63) is 0 Å². The maximum Gasteiger partial charge on any atom is 0.0126 e. The van der Waals surface area contributed by atoms with Gasteiger partial charge in [0.2, 0.25) is 0 Å². The van der Waals surface area contributed by atoms with Crippen LogP contribution in [0.15, 0.2) is 0 Å². The van der Waals surface area contributed by atoms with Crippen molar-refractivity contribution in [2.45, 2.75) is 26.3 Å². The van der Waals surface area contributed by atoms with Gasteiger partial charge in [-0.2, -0.15) is 0 Å². The summed E-state index contributed by atoms with van der Waals surface area (Å²) in [6.07, 6.45) is 7.25. The third kappa shape index (κ3) is 5.07. The Morgan fingerprint density at radius 3 is 1.81 bits per heavy atom. The molecule has 0 atom stereocenters. The molecule has 0 saturated carbocycles. The summed E-state index contributed by atoms with van der Waals surface area (Å²) < 4.78 is 0. The molecule has 0 amide bonds. The minimum Gasteiger partial charge on any atom is -0.300 e. The average molecular weight is 246 g/mol. The minimum atomic E-state index is -0.321. The number of nitrogens with zero attached hydrogens (tertiary/aromatic N) is 2. The van der Waals surface area contributed by atoms with Crippen LogP contribution in [-0.2, 0) is 0 Å². The second kappa shape index (κ2) is 5.28. The highest BCUT2D eigenvalue weighted by atomic mass is 32.3. The molecule has 1 aliphatic rings. The molecule has 16 heavy (non-hydrogen) atoms. The Morgan fingerprint density at radius 2 is 1.44 bits per heavy atom. The summed E-state index contributed by atoms with van der Waals surface area (Å²) in [5.74, 6) is 1.39. The second-order valence-electron chi connectivity index (χ2n) is 6.79. The van der Waals surface area contributed by atoms with Gasteiger partial charge in [0.1, 0.15) is 0 Å². The van der Waals surface area contributed by atoms with Gasteiger partial charge in [-0.15, -0.1) is 0 Å². The van der Waals surface area contributed by atoms with Crippen molar-refractivity contribution < 1.29 is 0 Å². The Bertz CT molecular complexity index is 207. The van der Waals surface area contributed by atoms with Crippen LogP contribution in [0, 0.1) is 0 Å². The van der Waals surface area contributed by atoms with Crippen LogP contribution in [0.3, 0.4) is 0 Å². The fourth-order valence-electron chi connectivity index (χ4n) is 2.05. The lowest BCUT2D eigenvalue weighted by molar-refractivity contribution is 0.0652. The maximum atomic E-state index is 2.64. The largest absolute Gasteiger partial charge is 0.300 e. The van der Waals surface area contributed by atoms with E-state index in [1.54, 1.807) is 0 Å². The molecule has 0 radical (unpaired) electrons. The topological polar surface area (TPSA) is 6.48 Å². The lowest BCUT2D eigenvalue weighted by Gasteiger charge is -2.43. The molecule has 0 aromatic carbocycles. The first-order valence-corrected chi connectivity index (χ1v) is 9.35. The van der Waals surface area contributed by atoms with Gasteiger partial charge < -0.3 is 4.90 Å². The van der Waals surface area contributed by atoms with Crippen molar-refractivity contribution in [2.24, 2.45) is 0 Å². The van der Waals surface area contributed by atoms with Crippen LogP contribution in [0.2, 0.25) is 0 Å². The van der Waals surface area contributed by atoms with E-state index < -0.39 is 0 Å². The van der Waals surface area contributed by atoms with Crippen molar-refractivity contribution in [1.29, 1.82) is 0 Å². The van der Waals surface area contributed by atoms with Crippen LogP contribution in [-0.4, -0.2) is 72.6 Å². The number of piperazine rings is 1. The minimum absolute atomic E-state index is 0.321. The Labute approximate surface area is 104 Å². The molecular formula is C13H30N2S. The SMILES string of the molecule is CC(C)(C)N1CCN(CCS(C)(C)C)CC1. The van der Waals surface area contributed by atoms with Crippen molar-refractivity contribution in [1.82, 2.24) is 9.80 Å². The number of rotatable bonds is 3. The molecular weight excluding hydrogens is 216 g/mol. The molecule has 0 N–H and O–H groups in total. The maximum absolute atomic E-state index is 2.64. The highest BCUT2D eigenvalue weighted by molar-refractivity contribution is 8.32. The highest BCUT2D eigenvalue weighted by Gasteiger charge is 2.25. The zero-order valence-corrected chi connectivity index (χ0v) is 12.9. The summed E-state index contributed by atoms with van der Waals surface area (Å²) in [7, 11) is -0.321. The quantitative estimate of drug-likeness (QED) is 0.752. The smallest absolute Gasteiger partial charge is 0.0126 e. The predicted octanol–water partition coefficient (Wildman–Crippen LogP) is 2.10. The molecule has 1 saturated heterocycles. The molecule has 1 aliphatic heterocycles. The van der Waals surface area contributed by atoms with Gasteiger partial charge in [-0.05, 0) is 45.3 Å². The fraction of sp³-hybridized carbons (Fsp3) is 1.00. The van der Waals surface area contributed by atoms with E-state index in [9.17, 15) is 0 Å². The first kappa shape index (κ1) is 14.3. The van der Waals surface area contributed by atoms with E-state index in [4.69, 9.17) is 0 Å². The van der Waals surface area contributed by atoms with Crippen LogP contribution < -0.4 is 0 Å². The fourth-order valence-corrected chi connectivity index (χ4v) is 2.85. The molecule has 0 aromatic rings. The van der Waals surface area contributed by atoms with E-state index in [2.05, 4.69) is 49.3 Å². The predicted molar refractivity (Wildman–Crippen MR) is 78.0 cm³/mol. The van der Waals surface area contributed by atoms with E-state index in [-0.39, 0.29) is 10.0 Å². The Kier molecular flexibility index (Phi) is 4.73. The van der Waals surface area contributed by atoms with Gasteiger partial charge in [0.05, 0.1) is 0 Å². The summed E-state index contributed by atoms with van der Waals surface area (Å²) in [5, 5.41) is 0. The van der Waals surface area contributed by atoms with E-state index in [1.165, 1.54) is 38.5 Å². The lowest BCUT2D eigenvalue weighted by Crippen LogP contribution is -2.53. The van der Waals surface area contributed by atoms with Gasteiger partial charge in [0.25, 0.3) is 0 Å². The molecule has 0 spiro atoms. The van der Waals surface area contributed by atoms with Crippen molar-refractivity contribution in [3.8, 4) is 0 Å². The van der Waals surface area contributed by atoms with E-state index in [0.717, 1.165) is 0 Å². The molecule has 0 unspecified atom stereocenters. The van der Waals surface area contributed by atoms with Crippen molar-refractivity contribution >= 4 is 10.0 Å². The molecule has 1 fully saturated rings. The Morgan fingerprint density at radius 1 is 0.938 bits per heavy atom. The summed E-state index contributed by atoms with van der Waals surface area (Å²) in [4.78, 5) is 5.24. The summed E-state index contributed by atoms with van der Waals surface area (Å²) >= 11 is 0. The molecule has 1 rings (SSSR count). The third-order valence-corrected chi connectivity index (χ3v) is 4.75. The molecule has 2 nitrogen and oxygen atoms in total. The molecule has 0 bridgehead atoms. The summed E-state index contributed by atoms with van der Waals surface area (Å²) in [6.45, 7) is 13.3. The van der Waals surface area contributed by atoms with Crippen LogP contribution in [0.1, 0.15) is 20.8 Å². The average Bonchev–Trinajstić information content (AvgIpc) is 2.13. The summed E-state index contributed by atoms with van der Waals surface area (Å²) in [6, 6.07) is 0. The van der Waals surface area contributed by atoms with Crippen LogP contribution in [0.5, 0.6) is 0 Å². The number of hydrogen-bond acceptors (Lipinski definition) is 2. The van der Waals surface area contributed by atoms with Gasteiger partial charge in [-0.25, -0.2) is 10.0 Å². The van der Waals surface area contributed by atoms with Gasteiger partial charge >= 0.3 is 0 Å². The zero-order valence-electron chi connectivity index (χ0n) is 12.0. The standard InChI is InChI=1S/C13H30N2S/c1-13(2,3)15-9-7-14(8-10-15)11-12-16(4,5)6/h7-12H2,1-6H3. The van der Waals surface area contributed by atoms with Crippen LogP contribution >= 0.6 is 10.0 Å². The molecule has 0 aliphatic carbocycles. The molecule has 3 heteroatoms. The summed E-state index contributed by atoms with van der Waals surface area (Å²) in [5.41, 5.74) is 0.349. The molecule has 1 heterocycles. The third-order valence-electron chi connectivity index (χ3n) is 3.34. The van der Waals surface area contributed by atoms with E-state index in [1.807, 2.05) is 0 Å². The van der Waals surface area contributed by atoms with Crippen molar-refractivity contribution in [2.75, 3.05) is 57.2 Å². The van der Waals surface area contributed by atoms with E-state index >= 15 is 0 Å². The monoisotopic (exact) mass is 246 g/mol. The molecule has 0 aromatic heterocycles. The van der Waals surface area contributed by atoms with Gasteiger partial charge in [-0.1, -0.05) is 0 Å². The van der Waals surface area contributed by atoms with E-state index in [0.29, 0.717) is 5.54 Å². The normalized spacial score (nSPS) is 22.4. The second-order valence-corrected chi connectivity index (χ2v) is 11.4. The van der Waals surface area contributed by atoms with Gasteiger partial charge in [-0.3, -0.25) is 4.90 Å². The molecule has 98 valence electrons. The Hall–Kier alpha value is 0.270. The highest BCUT2D eigenvalue weighted by Crippen LogP contribution is 2.34. The first-order chi connectivity index (χ1) is 7.18. The van der Waals surface area contributed by atoms with Gasteiger partial charge in [0.15, 0.2) is 0 Å². The van der Waals surface area contributed by atoms with Gasteiger partial charge in [0, 0.05) is 38.3 Å². The van der Waals surface area contributed by atoms with Crippen molar-refractivity contribution in [3.63, 3.8) is 0 Å². The first-order valence-electron chi connectivity index (χ1n) is 6.32. The lowest BCUT2D eigenvalue weighted by atomic mass is 10.1. The van der Waals surface area contributed by atoms with Crippen LogP contribution in [0.25, 0.3) is 0 Å². The van der Waals surface area contributed by atoms with Crippen LogP contribution in [0.4, 0.5) is 0 Å². The Balaban J connectivity index is 2.28.